The van der Waals surface area contributed by atoms with Crippen molar-refractivity contribution in [2.75, 3.05) is 6.54 Å². The van der Waals surface area contributed by atoms with Crippen molar-refractivity contribution in [3.63, 3.8) is 0 Å². The molecule has 1 aromatic carbocycles. The van der Waals surface area contributed by atoms with E-state index in [2.05, 4.69) is 34.2 Å². The number of hydrogen-bond donors (Lipinski definition) is 1. The number of nitrogens with one attached hydrogen (secondary N) is 1. The predicted molar refractivity (Wildman–Crippen MR) is 75.0 cm³/mol. The third-order valence-corrected chi connectivity index (χ3v) is 3.39. The van der Waals surface area contributed by atoms with E-state index >= 15 is 0 Å². The molecule has 1 rings (SSSR count). The number of halogens is 2. The molecular weight excluding hydrogens is 286 g/mol. The maximum Gasteiger partial charge on any atom is 0.0451 e. The first-order chi connectivity index (χ1) is 7.74. The molecule has 1 aromatic rings. The SMILES string of the molecule is CCCCCCNCc1cc(Br)ccc1Cl. The lowest BCUT2D eigenvalue weighted by Crippen LogP contribution is -2.14. The lowest BCUT2D eigenvalue weighted by molar-refractivity contribution is 0.598. The highest BCUT2D eigenvalue weighted by Gasteiger charge is 2.00. The highest BCUT2D eigenvalue weighted by Crippen LogP contribution is 2.20. The lowest BCUT2D eigenvalue weighted by atomic mass is 10.2. The minimum atomic E-state index is 0.837. The Labute approximate surface area is 112 Å². The summed E-state index contributed by atoms with van der Waals surface area (Å²) in [6, 6.07) is 5.97. The number of hydrogen-bond acceptors (Lipinski definition) is 1. The maximum atomic E-state index is 6.10. The minimum absolute atomic E-state index is 0.837. The molecule has 3 heteroatoms. The van der Waals surface area contributed by atoms with E-state index in [1.807, 2.05) is 12.1 Å². The molecule has 0 aromatic heterocycles. The van der Waals surface area contributed by atoms with E-state index < -0.39 is 0 Å². The summed E-state index contributed by atoms with van der Waals surface area (Å²) in [7, 11) is 0. The molecule has 0 saturated heterocycles. The molecule has 0 atom stereocenters. The van der Waals surface area contributed by atoms with Crippen LogP contribution in [0, 0.1) is 0 Å². The van der Waals surface area contributed by atoms with E-state index in [9.17, 15) is 0 Å². The summed E-state index contributed by atoms with van der Waals surface area (Å²) in [5.74, 6) is 0. The summed E-state index contributed by atoms with van der Waals surface area (Å²) in [6.45, 7) is 4.15. The molecule has 0 aliphatic heterocycles. The van der Waals surface area contributed by atoms with Crippen molar-refractivity contribution in [2.24, 2.45) is 0 Å². The molecule has 0 saturated carbocycles. The molecule has 0 fully saturated rings. The fourth-order valence-electron chi connectivity index (χ4n) is 1.58. The van der Waals surface area contributed by atoms with Gasteiger partial charge in [-0.05, 0) is 36.7 Å². The van der Waals surface area contributed by atoms with Crippen LogP contribution in [0.4, 0.5) is 0 Å². The molecule has 1 nitrogen and oxygen atoms in total. The minimum Gasteiger partial charge on any atom is -0.313 e. The van der Waals surface area contributed by atoms with Gasteiger partial charge in [-0.1, -0.05) is 53.7 Å². The first-order valence-electron chi connectivity index (χ1n) is 5.88. The van der Waals surface area contributed by atoms with Crippen molar-refractivity contribution in [3.8, 4) is 0 Å². The summed E-state index contributed by atoms with van der Waals surface area (Å²) in [5, 5.41) is 4.26. The molecule has 1 N–H and O–H groups in total. The monoisotopic (exact) mass is 303 g/mol. The summed E-state index contributed by atoms with van der Waals surface area (Å²) < 4.78 is 1.08. The van der Waals surface area contributed by atoms with Crippen LogP contribution in [0.2, 0.25) is 5.02 Å². The average Bonchev–Trinajstić information content (AvgIpc) is 2.28. The van der Waals surface area contributed by atoms with Gasteiger partial charge < -0.3 is 5.32 Å². The second kappa shape index (κ2) is 8.10. The second-order valence-corrected chi connectivity index (χ2v) is 5.30. The Morgan fingerprint density at radius 3 is 2.81 bits per heavy atom. The van der Waals surface area contributed by atoms with Crippen LogP contribution in [-0.4, -0.2) is 6.54 Å². The highest BCUT2D eigenvalue weighted by atomic mass is 79.9. The van der Waals surface area contributed by atoms with Crippen molar-refractivity contribution < 1.29 is 0 Å². The van der Waals surface area contributed by atoms with Crippen molar-refractivity contribution in [1.29, 1.82) is 0 Å². The molecule has 0 heterocycles. The summed E-state index contributed by atoms with van der Waals surface area (Å²) in [4.78, 5) is 0. The standard InChI is InChI=1S/C13H19BrClN/c1-2-3-4-5-8-16-10-11-9-12(14)6-7-13(11)15/h6-7,9,16H,2-5,8,10H2,1H3. The highest BCUT2D eigenvalue weighted by molar-refractivity contribution is 9.10. The molecule has 0 radical (unpaired) electrons. The average molecular weight is 305 g/mol. The summed E-state index contributed by atoms with van der Waals surface area (Å²) in [5.41, 5.74) is 1.16. The van der Waals surface area contributed by atoms with Crippen LogP contribution >= 0.6 is 27.5 Å². The number of benzene rings is 1. The van der Waals surface area contributed by atoms with Crippen LogP contribution in [0.15, 0.2) is 22.7 Å². The molecule has 0 bridgehead atoms. The van der Waals surface area contributed by atoms with Crippen LogP contribution in [-0.2, 0) is 6.54 Å². The Morgan fingerprint density at radius 2 is 2.06 bits per heavy atom. The molecule has 16 heavy (non-hydrogen) atoms. The zero-order chi connectivity index (χ0) is 11.8. The van der Waals surface area contributed by atoms with Gasteiger partial charge in [-0.15, -0.1) is 0 Å². The molecular formula is C13H19BrClN. The maximum absolute atomic E-state index is 6.10. The first kappa shape index (κ1) is 14.0. The van der Waals surface area contributed by atoms with Gasteiger partial charge in [0.2, 0.25) is 0 Å². The van der Waals surface area contributed by atoms with E-state index in [0.29, 0.717) is 0 Å². The lowest BCUT2D eigenvalue weighted by Gasteiger charge is -2.07. The van der Waals surface area contributed by atoms with Gasteiger partial charge >= 0.3 is 0 Å². The van der Waals surface area contributed by atoms with Gasteiger partial charge in [-0.2, -0.15) is 0 Å². The summed E-state index contributed by atoms with van der Waals surface area (Å²) >= 11 is 9.55. The largest absolute Gasteiger partial charge is 0.313 e. The van der Waals surface area contributed by atoms with Crippen LogP contribution in [0.5, 0.6) is 0 Å². The first-order valence-corrected chi connectivity index (χ1v) is 7.05. The van der Waals surface area contributed by atoms with E-state index in [-0.39, 0.29) is 0 Å². The summed E-state index contributed by atoms with van der Waals surface area (Å²) in [6.07, 6.45) is 5.19. The van der Waals surface area contributed by atoms with E-state index in [4.69, 9.17) is 11.6 Å². The molecule has 0 aliphatic carbocycles. The molecule has 0 amide bonds. The third kappa shape index (κ3) is 5.33. The van der Waals surface area contributed by atoms with Crippen molar-refractivity contribution >= 4 is 27.5 Å². The molecule has 90 valence electrons. The van der Waals surface area contributed by atoms with Gasteiger partial charge in [0.05, 0.1) is 0 Å². The quantitative estimate of drug-likeness (QED) is 0.715. The van der Waals surface area contributed by atoms with Crippen molar-refractivity contribution in [2.45, 2.75) is 39.2 Å². The molecule has 0 aliphatic rings. The Hall–Kier alpha value is -0.0500. The number of unbranched alkanes of at least 4 members (excludes halogenated alkanes) is 3. The van der Waals surface area contributed by atoms with Gasteiger partial charge in [-0.25, -0.2) is 0 Å². The Bertz CT molecular complexity index is 315. The number of rotatable bonds is 7. The van der Waals surface area contributed by atoms with E-state index in [0.717, 1.165) is 28.1 Å². The van der Waals surface area contributed by atoms with Crippen LogP contribution in [0.1, 0.15) is 38.2 Å². The van der Waals surface area contributed by atoms with Crippen molar-refractivity contribution in [3.05, 3.63) is 33.3 Å². The topological polar surface area (TPSA) is 12.0 Å². The Morgan fingerprint density at radius 1 is 1.25 bits per heavy atom. The zero-order valence-corrected chi connectivity index (χ0v) is 12.1. The van der Waals surface area contributed by atoms with Crippen molar-refractivity contribution in [1.82, 2.24) is 5.32 Å². The Kier molecular flexibility index (Phi) is 7.10. The fourth-order valence-corrected chi connectivity index (χ4v) is 2.17. The van der Waals surface area contributed by atoms with Crippen LogP contribution < -0.4 is 5.32 Å². The predicted octanol–water partition coefficient (Wildman–Crippen LogP) is 4.77. The molecule has 0 unspecified atom stereocenters. The zero-order valence-electron chi connectivity index (χ0n) is 9.73. The second-order valence-electron chi connectivity index (χ2n) is 3.97. The smallest absolute Gasteiger partial charge is 0.0451 e. The van der Waals surface area contributed by atoms with Crippen LogP contribution in [0.25, 0.3) is 0 Å². The van der Waals surface area contributed by atoms with Gasteiger partial charge in [0.25, 0.3) is 0 Å². The Balaban J connectivity index is 2.23. The fraction of sp³-hybridized carbons (Fsp3) is 0.538. The van der Waals surface area contributed by atoms with Crippen LogP contribution in [0.3, 0.4) is 0 Å². The van der Waals surface area contributed by atoms with E-state index in [1.165, 1.54) is 25.7 Å². The van der Waals surface area contributed by atoms with Gasteiger partial charge in [0.15, 0.2) is 0 Å². The third-order valence-electron chi connectivity index (χ3n) is 2.53. The molecule has 0 spiro atoms. The van der Waals surface area contributed by atoms with Gasteiger partial charge in [-0.3, -0.25) is 0 Å². The normalized spacial score (nSPS) is 10.7. The van der Waals surface area contributed by atoms with Gasteiger partial charge in [0, 0.05) is 16.0 Å². The van der Waals surface area contributed by atoms with Gasteiger partial charge in [0.1, 0.15) is 0 Å². The van der Waals surface area contributed by atoms with E-state index in [1.54, 1.807) is 0 Å².